The Morgan fingerprint density at radius 1 is 0.867 bits per heavy atom. The van der Waals surface area contributed by atoms with Gasteiger partial charge in [-0.2, -0.15) is 5.10 Å². The highest BCUT2D eigenvalue weighted by Crippen LogP contribution is 2.32. The van der Waals surface area contributed by atoms with Gasteiger partial charge in [0.25, 0.3) is 0 Å². The van der Waals surface area contributed by atoms with Crippen LogP contribution in [0.2, 0.25) is 0 Å². The molecule has 1 aliphatic heterocycles. The van der Waals surface area contributed by atoms with Crippen LogP contribution in [0.1, 0.15) is 5.56 Å². The van der Waals surface area contributed by atoms with Crippen molar-refractivity contribution in [1.82, 2.24) is 5.43 Å². The van der Waals surface area contributed by atoms with Gasteiger partial charge in [0.1, 0.15) is 11.5 Å². The number of fused-ring (bicyclic) bond motifs is 1. The molecule has 2 N–H and O–H groups in total. The number of carbonyl (C=O) groups is 2. The Hall–Kier alpha value is -4.33. The second kappa shape index (κ2) is 8.78. The number of para-hydroxylation sites is 1. The number of hydrazone groups is 1. The largest absolute Gasteiger partial charge is 0.457 e. The molecule has 1 aliphatic rings. The number of rotatable bonds is 5. The van der Waals surface area contributed by atoms with E-state index in [2.05, 4.69) is 15.8 Å². The van der Waals surface area contributed by atoms with Crippen molar-refractivity contribution in [2.75, 3.05) is 12.1 Å². The van der Waals surface area contributed by atoms with Crippen LogP contribution in [0.25, 0.3) is 0 Å². The first-order valence-corrected chi connectivity index (χ1v) is 9.04. The SMILES string of the molecule is O=C(N/N=C\c1ccc2c(c1)OCO2)C(=O)Nc1ccc(Oc2ccccc2)cc1. The minimum Gasteiger partial charge on any atom is -0.457 e. The second-order valence-electron chi connectivity index (χ2n) is 6.21. The maximum absolute atomic E-state index is 12.0. The number of hydrogen-bond donors (Lipinski definition) is 2. The molecule has 0 atom stereocenters. The van der Waals surface area contributed by atoms with Gasteiger partial charge >= 0.3 is 11.8 Å². The van der Waals surface area contributed by atoms with Crippen LogP contribution < -0.4 is 25.0 Å². The molecule has 0 aromatic heterocycles. The van der Waals surface area contributed by atoms with Gasteiger partial charge < -0.3 is 19.5 Å². The van der Waals surface area contributed by atoms with Crippen molar-refractivity contribution in [3.8, 4) is 23.0 Å². The summed E-state index contributed by atoms with van der Waals surface area (Å²) < 4.78 is 16.2. The molecule has 0 bridgehead atoms. The fourth-order valence-corrected chi connectivity index (χ4v) is 2.63. The van der Waals surface area contributed by atoms with E-state index in [4.69, 9.17) is 14.2 Å². The minimum atomic E-state index is -0.892. The van der Waals surface area contributed by atoms with Gasteiger partial charge in [0, 0.05) is 5.69 Å². The van der Waals surface area contributed by atoms with Gasteiger partial charge in [0.2, 0.25) is 6.79 Å². The molecule has 0 saturated heterocycles. The number of benzene rings is 3. The van der Waals surface area contributed by atoms with E-state index in [1.54, 1.807) is 42.5 Å². The highest BCUT2D eigenvalue weighted by molar-refractivity contribution is 6.39. The lowest BCUT2D eigenvalue weighted by atomic mass is 10.2. The maximum atomic E-state index is 12.0. The molecule has 30 heavy (non-hydrogen) atoms. The van der Waals surface area contributed by atoms with Crippen LogP contribution in [0.3, 0.4) is 0 Å². The molecule has 4 rings (SSSR count). The molecule has 0 aliphatic carbocycles. The van der Waals surface area contributed by atoms with E-state index in [9.17, 15) is 9.59 Å². The van der Waals surface area contributed by atoms with Crippen molar-refractivity contribution in [2.45, 2.75) is 0 Å². The number of hydrogen-bond acceptors (Lipinski definition) is 6. The van der Waals surface area contributed by atoms with E-state index >= 15 is 0 Å². The third kappa shape index (κ3) is 4.74. The fraction of sp³-hybridized carbons (Fsp3) is 0.0455. The second-order valence-corrected chi connectivity index (χ2v) is 6.21. The van der Waals surface area contributed by atoms with Gasteiger partial charge in [-0.1, -0.05) is 18.2 Å². The number of carbonyl (C=O) groups excluding carboxylic acids is 2. The van der Waals surface area contributed by atoms with Gasteiger partial charge in [-0.25, -0.2) is 5.43 Å². The Labute approximate surface area is 172 Å². The molecular formula is C22H17N3O5. The summed E-state index contributed by atoms with van der Waals surface area (Å²) in [5.74, 6) is 0.829. The average molecular weight is 403 g/mol. The van der Waals surface area contributed by atoms with E-state index in [1.807, 2.05) is 30.3 Å². The molecule has 3 aromatic carbocycles. The van der Waals surface area contributed by atoms with Gasteiger partial charge in [-0.3, -0.25) is 9.59 Å². The first-order valence-electron chi connectivity index (χ1n) is 9.04. The smallest absolute Gasteiger partial charge is 0.329 e. The monoisotopic (exact) mass is 403 g/mol. The molecule has 0 radical (unpaired) electrons. The highest BCUT2D eigenvalue weighted by Gasteiger charge is 2.14. The average Bonchev–Trinajstić information content (AvgIpc) is 3.24. The first kappa shape index (κ1) is 19.0. The molecule has 8 heteroatoms. The Morgan fingerprint density at radius 2 is 1.60 bits per heavy atom. The Bertz CT molecular complexity index is 1080. The summed E-state index contributed by atoms with van der Waals surface area (Å²) in [4.78, 5) is 23.9. The van der Waals surface area contributed by atoms with Crippen molar-refractivity contribution >= 4 is 23.7 Å². The van der Waals surface area contributed by atoms with Gasteiger partial charge in [-0.05, 0) is 60.2 Å². The number of nitrogens with zero attached hydrogens (tertiary/aromatic N) is 1. The molecule has 8 nitrogen and oxygen atoms in total. The van der Waals surface area contributed by atoms with Crippen molar-refractivity contribution in [3.05, 3.63) is 78.4 Å². The number of amides is 2. The topological polar surface area (TPSA) is 98.3 Å². The van der Waals surface area contributed by atoms with E-state index in [1.165, 1.54) is 6.21 Å². The summed E-state index contributed by atoms with van der Waals surface area (Å²) in [6, 6.07) is 21.2. The van der Waals surface area contributed by atoms with E-state index < -0.39 is 11.8 Å². The summed E-state index contributed by atoms with van der Waals surface area (Å²) in [6.45, 7) is 0.173. The Kier molecular flexibility index (Phi) is 5.56. The number of ether oxygens (including phenoxy) is 3. The van der Waals surface area contributed by atoms with Crippen LogP contribution in [0.5, 0.6) is 23.0 Å². The van der Waals surface area contributed by atoms with Crippen molar-refractivity contribution in [2.24, 2.45) is 5.10 Å². The van der Waals surface area contributed by atoms with E-state index in [0.29, 0.717) is 34.2 Å². The van der Waals surface area contributed by atoms with Crippen LogP contribution in [-0.4, -0.2) is 24.8 Å². The Balaban J connectivity index is 1.28. The summed E-state index contributed by atoms with van der Waals surface area (Å²) in [6.07, 6.45) is 1.41. The molecular weight excluding hydrogens is 386 g/mol. The molecule has 3 aromatic rings. The summed E-state index contributed by atoms with van der Waals surface area (Å²) in [7, 11) is 0. The minimum absolute atomic E-state index is 0.173. The quantitative estimate of drug-likeness (QED) is 0.387. The predicted molar refractivity (Wildman–Crippen MR) is 110 cm³/mol. The summed E-state index contributed by atoms with van der Waals surface area (Å²) in [5, 5.41) is 6.29. The highest BCUT2D eigenvalue weighted by atomic mass is 16.7. The predicted octanol–water partition coefficient (Wildman–Crippen LogP) is 3.30. The van der Waals surface area contributed by atoms with Crippen molar-refractivity contribution in [1.29, 1.82) is 0 Å². The van der Waals surface area contributed by atoms with Crippen LogP contribution in [-0.2, 0) is 9.59 Å². The van der Waals surface area contributed by atoms with Crippen molar-refractivity contribution < 1.29 is 23.8 Å². The zero-order valence-electron chi connectivity index (χ0n) is 15.7. The van der Waals surface area contributed by atoms with Crippen LogP contribution in [0.15, 0.2) is 77.9 Å². The van der Waals surface area contributed by atoms with Crippen molar-refractivity contribution in [3.63, 3.8) is 0 Å². The molecule has 0 saturated carbocycles. The molecule has 2 amide bonds. The molecule has 0 fully saturated rings. The summed E-state index contributed by atoms with van der Waals surface area (Å²) in [5.41, 5.74) is 3.33. The van der Waals surface area contributed by atoms with Crippen LogP contribution >= 0.6 is 0 Å². The lowest BCUT2D eigenvalue weighted by molar-refractivity contribution is -0.136. The standard InChI is InChI=1S/C22H17N3O5/c26-21(22(27)25-23-13-15-6-11-19-20(12-15)29-14-28-19)24-16-7-9-18(10-8-16)30-17-4-2-1-3-5-17/h1-13H,14H2,(H,24,26)(H,25,27)/b23-13-. The first-order chi connectivity index (χ1) is 14.7. The van der Waals surface area contributed by atoms with Gasteiger partial charge in [0.05, 0.1) is 6.21 Å². The summed E-state index contributed by atoms with van der Waals surface area (Å²) >= 11 is 0. The molecule has 1 heterocycles. The van der Waals surface area contributed by atoms with Gasteiger partial charge in [0.15, 0.2) is 11.5 Å². The van der Waals surface area contributed by atoms with Gasteiger partial charge in [-0.15, -0.1) is 0 Å². The molecule has 0 spiro atoms. The normalized spacial score (nSPS) is 11.9. The van der Waals surface area contributed by atoms with Crippen LogP contribution in [0.4, 0.5) is 5.69 Å². The number of anilines is 1. The lowest BCUT2D eigenvalue weighted by Gasteiger charge is -2.07. The van der Waals surface area contributed by atoms with E-state index in [-0.39, 0.29) is 6.79 Å². The molecule has 150 valence electrons. The van der Waals surface area contributed by atoms with E-state index in [0.717, 1.165) is 0 Å². The fourth-order valence-electron chi connectivity index (χ4n) is 2.63. The zero-order chi connectivity index (χ0) is 20.8. The molecule has 0 unspecified atom stereocenters. The third-order valence-corrected chi connectivity index (χ3v) is 4.07. The zero-order valence-corrected chi connectivity index (χ0v) is 15.7. The third-order valence-electron chi connectivity index (χ3n) is 4.07. The Morgan fingerprint density at radius 3 is 2.40 bits per heavy atom. The maximum Gasteiger partial charge on any atom is 0.329 e. The number of nitrogens with one attached hydrogen (secondary N) is 2. The van der Waals surface area contributed by atoms with Crippen LogP contribution in [0, 0.1) is 0 Å². The lowest BCUT2D eigenvalue weighted by Crippen LogP contribution is -2.32.